The van der Waals surface area contributed by atoms with E-state index in [2.05, 4.69) is 37.0 Å². The first-order valence-electron chi connectivity index (χ1n) is 8.71. The van der Waals surface area contributed by atoms with Gasteiger partial charge in [0.1, 0.15) is 0 Å². The summed E-state index contributed by atoms with van der Waals surface area (Å²) in [5.74, 6) is 0.616. The standard InChI is InChI=1S/C5H4ClN2O.3C4H9.Sn/c1-9-5-3-2-4(6)7-8-5;3*1-3-4-2;/h3H,1H3;3*1,3-4H2,2H3;. The monoisotopic (exact) mass is 434 g/mol. The van der Waals surface area contributed by atoms with E-state index >= 15 is 0 Å². The molecule has 22 heavy (non-hydrogen) atoms. The molecule has 1 rings (SSSR count). The van der Waals surface area contributed by atoms with Gasteiger partial charge in [0.25, 0.3) is 0 Å². The zero-order valence-electron chi connectivity index (χ0n) is 14.6. The summed E-state index contributed by atoms with van der Waals surface area (Å²) in [5, 5.41) is 8.86. The van der Waals surface area contributed by atoms with Crippen molar-refractivity contribution in [2.24, 2.45) is 0 Å². The van der Waals surface area contributed by atoms with E-state index < -0.39 is 18.4 Å². The summed E-state index contributed by atoms with van der Waals surface area (Å²) in [4.78, 5) is 0. The number of rotatable bonds is 11. The molecule has 0 N–H and O–H groups in total. The quantitative estimate of drug-likeness (QED) is 0.450. The van der Waals surface area contributed by atoms with Gasteiger partial charge in [0.15, 0.2) is 0 Å². The minimum absolute atomic E-state index is 0.616. The Morgan fingerprint density at radius 3 is 1.86 bits per heavy atom. The van der Waals surface area contributed by atoms with Crippen LogP contribution in [-0.2, 0) is 0 Å². The Labute approximate surface area is 145 Å². The maximum absolute atomic E-state index is 6.50. The number of hydrogen-bond donors (Lipinski definition) is 0. The van der Waals surface area contributed by atoms with E-state index in [9.17, 15) is 0 Å². The molecule has 0 saturated heterocycles. The fourth-order valence-corrected chi connectivity index (χ4v) is 20.5. The number of methoxy groups -OCH3 is 1. The predicted molar refractivity (Wildman–Crippen MR) is 98.1 cm³/mol. The van der Waals surface area contributed by atoms with Crippen LogP contribution in [0.15, 0.2) is 6.07 Å². The molecule has 0 aliphatic carbocycles. The van der Waals surface area contributed by atoms with Gasteiger partial charge in [0.05, 0.1) is 0 Å². The molecule has 0 fully saturated rings. The predicted octanol–water partition coefficient (Wildman–Crippen LogP) is 5.19. The SMILES string of the molecule is CCC[CH2][Sn]([CH2]CCC)([CH2]CCC)[c]1cc(OC)nnc1Cl. The van der Waals surface area contributed by atoms with E-state index in [4.69, 9.17) is 16.3 Å². The van der Waals surface area contributed by atoms with Gasteiger partial charge in [-0.1, -0.05) is 0 Å². The Balaban J connectivity index is 3.23. The zero-order valence-corrected chi connectivity index (χ0v) is 18.2. The molecule has 1 heterocycles. The van der Waals surface area contributed by atoms with E-state index in [1.165, 1.54) is 55.4 Å². The van der Waals surface area contributed by atoms with Crippen LogP contribution in [0.4, 0.5) is 0 Å². The van der Waals surface area contributed by atoms with Crippen molar-refractivity contribution in [1.29, 1.82) is 0 Å². The van der Waals surface area contributed by atoms with Crippen LogP contribution in [-0.4, -0.2) is 35.7 Å². The minimum atomic E-state index is -2.54. The molecule has 0 unspecified atom stereocenters. The molecule has 0 spiro atoms. The summed E-state index contributed by atoms with van der Waals surface area (Å²) in [6, 6.07) is 2.10. The molecule has 5 heteroatoms. The average Bonchev–Trinajstić information content (AvgIpc) is 2.55. The van der Waals surface area contributed by atoms with E-state index in [0.717, 1.165) is 0 Å². The molecule has 0 aliphatic heterocycles. The number of nitrogens with zero attached hydrogens (tertiary/aromatic N) is 2. The van der Waals surface area contributed by atoms with Crippen molar-refractivity contribution in [3.63, 3.8) is 0 Å². The van der Waals surface area contributed by atoms with Gasteiger partial charge >= 0.3 is 145 Å². The van der Waals surface area contributed by atoms with Crippen LogP contribution in [0.25, 0.3) is 0 Å². The third-order valence-corrected chi connectivity index (χ3v) is 20.8. The summed E-state index contributed by atoms with van der Waals surface area (Å²) in [5.41, 5.74) is 0. The normalized spacial score (nSPS) is 11.7. The van der Waals surface area contributed by atoms with Crippen molar-refractivity contribution < 1.29 is 4.74 Å². The average molecular weight is 434 g/mol. The van der Waals surface area contributed by atoms with Crippen molar-refractivity contribution in [2.45, 2.75) is 72.6 Å². The van der Waals surface area contributed by atoms with Gasteiger partial charge in [-0.25, -0.2) is 0 Å². The molecule has 126 valence electrons. The number of aromatic nitrogens is 2. The van der Waals surface area contributed by atoms with Crippen LogP contribution < -0.4 is 8.32 Å². The molecule has 1 aromatic heterocycles. The number of halogens is 1. The second-order valence-corrected chi connectivity index (χ2v) is 19.7. The second-order valence-electron chi connectivity index (χ2n) is 6.18. The van der Waals surface area contributed by atoms with Gasteiger partial charge in [-0.15, -0.1) is 0 Å². The van der Waals surface area contributed by atoms with Crippen LogP contribution in [0.2, 0.25) is 18.5 Å². The van der Waals surface area contributed by atoms with Crippen molar-refractivity contribution >= 4 is 33.6 Å². The molecule has 0 bridgehead atoms. The van der Waals surface area contributed by atoms with Gasteiger partial charge in [-0.05, 0) is 0 Å². The second kappa shape index (κ2) is 10.7. The van der Waals surface area contributed by atoms with Gasteiger partial charge in [0, 0.05) is 0 Å². The number of hydrogen-bond acceptors (Lipinski definition) is 3. The molecule has 0 aromatic carbocycles. The fraction of sp³-hybridized carbons (Fsp3) is 0.765. The van der Waals surface area contributed by atoms with E-state index in [-0.39, 0.29) is 0 Å². The molecule has 0 saturated carbocycles. The molecule has 1 aromatic rings. The van der Waals surface area contributed by atoms with Gasteiger partial charge < -0.3 is 0 Å². The Morgan fingerprint density at radius 2 is 1.45 bits per heavy atom. The summed E-state index contributed by atoms with van der Waals surface area (Å²) in [7, 11) is 1.66. The summed E-state index contributed by atoms with van der Waals surface area (Å²) in [6.45, 7) is 6.84. The van der Waals surface area contributed by atoms with Crippen LogP contribution in [0.3, 0.4) is 0 Å². The van der Waals surface area contributed by atoms with Crippen molar-refractivity contribution in [2.75, 3.05) is 7.11 Å². The Morgan fingerprint density at radius 1 is 0.955 bits per heavy atom. The summed E-state index contributed by atoms with van der Waals surface area (Å²) >= 11 is 3.96. The molecule has 0 aliphatic rings. The molecular weight excluding hydrogens is 402 g/mol. The summed E-state index contributed by atoms with van der Waals surface area (Å²) in [6.07, 6.45) is 7.69. The maximum atomic E-state index is 6.50. The van der Waals surface area contributed by atoms with Crippen LogP contribution in [0, 0.1) is 0 Å². The Hall–Kier alpha value is -0.0313. The first kappa shape index (κ1) is 20.0. The van der Waals surface area contributed by atoms with E-state index in [0.29, 0.717) is 11.0 Å². The zero-order chi connectivity index (χ0) is 16.4. The van der Waals surface area contributed by atoms with Crippen LogP contribution in [0.5, 0.6) is 5.88 Å². The Bertz CT molecular complexity index is 421. The first-order valence-corrected chi connectivity index (χ1v) is 16.6. The molecule has 3 nitrogen and oxygen atoms in total. The number of ether oxygens (including phenoxy) is 1. The Kier molecular flexibility index (Phi) is 9.72. The fourth-order valence-electron chi connectivity index (χ4n) is 3.16. The van der Waals surface area contributed by atoms with Crippen molar-refractivity contribution in [1.82, 2.24) is 10.2 Å². The van der Waals surface area contributed by atoms with Crippen molar-refractivity contribution in [3.8, 4) is 5.88 Å². The van der Waals surface area contributed by atoms with Gasteiger partial charge in [-0.2, -0.15) is 0 Å². The molecular formula is C17H31ClN2OSn. The third-order valence-electron chi connectivity index (χ3n) is 4.53. The molecule has 0 amide bonds. The van der Waals surface area contributed by atoms with E-state index in [1.54, 1.807) is 7.11 Å². The molecule has 0 radical (unpaired) electrons. The van der Waals surface area contributed by atoms with Crippen LogP contribution >= 0.6 is 11.6 Å². The van der Waals surface area contributed by atoms with Crippen molar-refractivity contribution in [3.05, 3.63) is 11.2 Å². The van der Waals surface area contributed by atoms with Gasteiger partial charge in [0.2, 0.25) is 0 Å². The topological polar surface area (TPSA) is 35.0 Å². The van der Waals surface area contributed by atoms with Crippen LogP contribution in [0.1, 0.15) is 59.3 Å². The summed E-state index contributed by atoms with van der Waals surface area (Å²) < 4.78 is 10.8. The molecule has 0 atom stereocenters. The first-order chi connectivity index (χ1) is 10.6. The number of unbranched alkanes of at least 4 members (excludes halogenated alkanes) is 3. The third kappa shape index (κ3) is 5.55. The van der Waals surface area contributed by atoms with E-state index in [1.807, 2.05) is 0 Å². The van der Waals surface area contributed by atoms with Gasteiger partial charge in [-0.3, -0.25) is 0 Å².